The van der Waals surface area contributed by atoms with Crippen LogP contribution in [0.5, 0.6) is 0 Å². The van der Waals surface area contributed by atoms with Crippen molar-refractivity contribution in [3.63, 3.8) is 0 Å². The zero-order valence-electron chi connectivity index (χ0n) is 19.7. The van der Waals surface area contributed by atoms with Crippen molar-refractivity contribution < 1.29 is 4.79 Å². The van der Waals surface area contributed by atoms with E-state index in [9.17, 15) is 4.79 Å². The lowest BCUT2D eigenvalue weighted by Crippen LogP contribution is -2.53. The molecule has 2 saturated heterocycles. The van der Waals surface area contributed by atoms with Gasteiger partial charge in [-0.3, -0.25) is 14.6 Å². The largest absolute Gasteiger partial charge is 0.298 e. The zero-order chi connectivity index (χ0) is 20.6. The Hall–Kier alpha value is -0.410. The molecule has 3 nitrogen and oxygen atoms in total. The van der Waals surface area contributed by atoms with E-state index in [1.807, 2.05) is 0 Å². The van der Waals surface area contributed by atoms with Crippen molar-refractivity contribution in [1.82, 2.24) is 9.80 Å². The lowest BCUT2D eigenvalue weighted by atomic mass is 9.75. The van der Waals surface area contributed by atoms with Gasteiger partial charge in [-0.2, -0.15) is 0 Å². The molecule has 0 aliphatic carbocycles. The van der Waals surface area contributed by atoms with Crippen LogP contribution in [-0.2, 0) is 4.79 Å². The molecule has 2 aliphatic rings. The molecule has 27 heavy (non-hydrogen) atoms. The molecule has 0 saturated carbocycles. The predicted octanol–water partition coefficient (Wildman–Crippen LogP) is 5.52. The van der Waals surface area contributed by atoms with Gasteiger partial charge in [0.2, 0.25) is 0 Å². The van der Waals surface area contributed by atoms with Crippen molar-refractivity contribution in [3.8, 4) is 0 Å². The second-order valence-electron chi connectivity index (χ2n) is 11.7. The number of carbonyl (C=O) groups excluding carboxylic acids is 1. The topological polar surface area (TPSA) is 23.6 Å². The molecule has 0 N–H and O–H groups in total. The average Bonchev–Trinajstić information content (AvgIpc) is 3.21. The molecule has 2 rings (SSSR count). The zero-order valence-corrected chi connectivity index (χ0v) is 19.7. The molecule has 158 valence electrons. The lowest BCUT2D eigenvalue weighted by Gasteiger charge is -2.47. The van der Waals surface area contributed by atoms with Crippen molar-refractivity contribution in [1.29, 1.82) is 0 Å². The van der Waals surface area contributed by atoms with Crippen LogP contribution in [0.15, 0.2) is 0 Å². The molecule has 0 aromatic heterocycles. The van der Waals surface area contributed by atoms with Gasteiger partial charge in [-0.1, -0.05) is 27.7 Å². The highest BCUT2D eigenvalue weighted by molar-refractivity contribution is 5.86. The Morgan fingerprint density at radius 2 is 1.44 bits per heavy atom. The van der Waals surface area contributed by atoms with Gasteiger partial charge in [-0.15, -0.1) is 0 Å². The summed E-state index contributed by atoms with van der Waals surface area (Å²) < 4.78 is 0. The van der Waals surface area contributed by atoms with E-state index in [0.717, 1.165) is 25.8 Å². The van der Waals surface area contributed by atoms with Crippen LogP contribution >= 0.6 is 0 Å². The maximum Gasteiger partial charge on any atom is 0.152 e. The highest BCUT2D eigenvalue weighted by atomic mass is 16.1. The molecule has 0 aromatic carbocycles. The highest BCUT2D eigenvalue weighted by Gasteiger charge is 2.44. The third-order valence-corrected chi connectivity index (χ3v) is 7.33. The van der Waals surface area contributed by atoms with Crippen molar-refractivity contribution in [2.75, 3.05) is 13.1 Å². The number of nitrogens with zero attached hydrogens (tertiary/aromatic N) is 2. The average molecular weight is 379 g/mol. The van der Waals surface area contributed by atoms with Gasteiger partial charge >= 0.3 is 0 Å². The quantitative estimate of drug-likeness (QED) is 0.582. The van der Waals surface area contributed by atoms with Crippen molar-refractivity contribution in [3.05, 3.63) is 0 Å². The fraction of sp³-hybridized carbons (Fsp3) is 0.958. The van der Waals surface area contributed by atoms with Gasteiger partial charge in [0.25, 0.3) is 0 Å². The van der Waals surface area contributed by atoms with Gasteiger partial charge in [-0.05, 0) is 91.6 Å². The Kier molecular flexibility index (Phi) is 6.90. The standard InChI is InChI=1S/C24H46N2O/c1-18(2)21(27)19-12-10-16-25(19)24(8,9)15-14-23(6,7)20-13-11-17-26(20)22(3,4)5/h18-20H,10-17H2,1-9H3. The van der Waals surface area contributed by atoms with E-state index in [1.54, 1.807) is 0 Å². The van der Waals surface area contributed by atoms with Crippen LogP contribution in [0.3, 0.4) is 0 Å². The third kappa shape index (κ3) is 5.15. The minimum atomic E-state index is 0.0914. The van der Waals surface area contributed by atoms with E-state index >= 15 is 0 Å². The molecular weight excluding hydrogens is 332 g/mol. The van der Waals surface area contributed by atoms with Crippen LogP contribution in [0.2, 0.25) is 0 Å². The van der Waals surface area contributed by atoms with E-state index in [-0.39, 0.29) is 23.0 Å². The third-order valence-electron chi connectivity index (χ3n) is 7.33. The van der Waals surface area contributed by atoms with E-state index < -0.39 is 0 Å². The molecule has 0 amide bonds. The van der Waals surface area contributed by atoms with Crippen molar-refractivity contribution in [2.45, 2.75) is 124 Å². The first-order valence-corrected chi connectivity index (χ1v) is 11.3. The first-order valence-electron chi connectivity index (χ1n) is 11.3. The van der Waals surface area contributed by atoms with Crippen LogP contribution in [-0.4, -0.2) is 51.8 Å². The number of rotatable bonds is 7. The minimum Gasteiger partial charge on any atom is -0.298 e. The molecule has 2 atom stereocenters. The van der Waals surface area contributed by atoms with E-state index in [4.69, 9.17) is 0 Å². The van der Waals surface area contributed by atoms with E-state index in [0.29, 0.717) is 17.2 Å². The molecular formula is C24H46N2O. The first kappa shape index (κ1) is 22.9. The Balaban J connectivity index is 2.06. The lowest BCUT2D eigenvalue weighted by molar-refractivity contribution is -0.128. The summed E-state index contributed by atoms with van der Waals surface area (Å²) in [7, 11) is 0. The van der Waals surface area contributed by atoms with Gasteiger partial charge in [0, 0.05) is 23.0 Å². The monoisotopic (exact) mass is 378 g/mol. The maximum absolute atomic E-state index is 12.7. The summed E-state index contributed by atoms with van der Waals surface area (Å²) >= 11 is 0. The number of ketones is 1. The van der Waals surface area contributed by atoms with Gasteiger partial charge in [0.15, 0.2) is 5.78 Å². The summed E-state index contributed by atoms with van der Waals surface area (Å²) in [5.74, 6) is 0.580. The highest BCUT2D eigenvalue weighted by Crippen LogP contribution is 2.42. The first-order chi connectivity index (χ1) is 12.3. The molecule has 0 bridgehead atoms. The van der Waals surface area contributed by atoms with Gasteiger partial charge in [0.1, 0.15) is 0 Å². The number of hydrogen-bond donors (Lipinski definition) is 0. The predicted molar refractivity (Wildman–Crippen MR) is 116 cm³/mol. The number of hydrogen-bond acceptors (Lipinski definition) is 3. The summed E-state index contributed by atoms with van der Waals surface area (Å²) in [6.45, 7) is 23.2. The molecule has 0 spiro atoms. The summed E-state index contributed by atoms with van der Waals surface area (Å²) in [4.78, 5) is 18.0. The Labute approximate surface area is 169 Å². The summed E-state index contributed by atoms with van der Waals surface area (Å²) in [5.41, 5.74) is 0.643. The van der Waals surface area contributed by atoms with E-state index in [2.05, 4.69) is 72.1 Å². The van der Waals surface area contributed by atoms with Gasteiger partial charge in [0.05, 0.1) is 6.04 Å². The SMILES string of the molecule is CC(C)C(=O)C1CCCN1C(C)(C)CCC(C)(C)C1CCCN1C(C)(C)C. The number of Topliss-reactive ketones (excluding diaryl/α,β-unsaturated/α-hetero) is 1. The second kappa shape index (κ2) is 8.14. The van der Waals surface area contributed by atoms with Gasteiger partial charge < -0.3 is 0 Å². The Bertz CT molecular complexity index is 515. The molecule has 0 radical (unpaired) electrons. The molecule has 2 unspecified atom stereocenters. The molecule has 2 heterocycles. The number of likely N-dealkylation sites (tertiary alicyclic amines) is 2. The van der Waals surface area contributed by atoms with Gasteiger partial charge in [-0.25, -0.2) is 0 Å². The Morgan fingerprint density at radius 3 is 2.00 bits per heavy atom. The summed E-state index contributed by atoms with van der Waals surface area (Å²) in [6.07, 6.45) is 7.24. The van der Waals surface area contributed by atoms with Crippen molar-refractivity contribution >= 4 is 5.78 Å². The van der Waals surface area contributed by atoms with Crippen LogP contribution in [0, 0.1) is 11.3 Å². The summed E-state index contributed by atoms with van der Waals surface area (Å²) in [5, 5.41) is 0. The second-order valence-corrected chi connectivity index (χ2v) is 11.7. The fourth-order valence-corrected chi connectivity index (χ4v) is 5.49. The van der Waals surface area contributed by atoms with Crippen molar-refractivity contribution in [2.24, 2.45) is 11.3 Å². The minimum absolute atomic E-state index is 0.0914. The summed E-state index contributed by atoms with van der Waals surface area (Å²) in [6, 6.07) is 0.806. The molecule has 2 aliphatic heterocycles. The van der Waals surface area contributed by atoms with E-state index in [1.165, 1.54) is 25.8 Å². The number of carbonyl (C=O) groups is 1. The van der Waals surface area contributed by atoms with Crippen LogP contribution in [0.4, 0.5) is 0 Å². The normalized spacial score (nSPS) is 26.3. The smallest absolute Gasteiger partial charge is 0.152 e. The molecule has 2 fully saturated rings. The van der Waals surface area contributed by atoms with Crippen LogP contribution in [0.1, 0.15) is 101 Å². The molecule has 0 aromatic rings. The molecule has 3 heteroatoms. The van der Waals surface area contributed by atoms with Crippen LogP contribution < -0.4 is 0 Å². The fourth-order valence-electron chi connectivity index (χ4n) is 5.49. The maximum atomic E-state index is 12.7. The Morgan fingerprint density at radius 1 is 0.889 bits per heavy atom. The van der Waals surface area contributed by atoms with Crippen LogP contribution in [0.25, 0.3) is 0 Å².